The van der Waals surface area contributed by atoms with Crippen molar-refractivity contribution >= 4 is 11.8 Å². The molecule has 0 heterocycles. The maximum Gasteiger partial charge on any atom is 0.251 e. The van der Waals surface area contributed by atoms with Gasteiger partial charge in [-0.1, -0.05) is 50.8 Å². The van der Waals surface area contributed by atoms with E-state index in [0.29, 0.717) is 5.56 Å². The molecule has 0 fully saturated rings. The van der Waals surface area contributed by atoms with E-state index in [-0.39, 0.29) is 17.9 Å². The maximum absolute atomic E-state index is 12.1. The lowest BCUT2D eigenvalue weighted by Crippen LogP contribution is -2.47. The number of hydrogen-bond acceptors (Lipinski definition) is 2. The van der Waals surface area contributed by atoms with Gasteiger partial charge in [-0.15, -0.1) is 0 Å². The van der Waals surface area contributed by atoms with Crippen molar-refractivity contribution in [1.82, 2.24) is 10.6 Å². The highest BCUT2D eigenvalue weighted by atomic mass is 16.2. The van der Waals surface area contributed by atoms with Crippen LogP contribution in [-0.4, -0.2) is 23.9 Å². The van der Waals surface area contributed by atoms with Gasteiger partial charge >= 0.3 is 0 Å². The molecule has 22 heavy (non-hydrogen) atoms. The highest BCUT2D eigenvalue weighted by molar-refractivity contribution is 5.97. The first-order chi connectivity index (χ1) is 10.5. The molecule has 0 saturated carbocycles. The summed E-state index contributed by atoms with van der Waals surface area (Å²) in [6, 6.07) is 8.53. The van der Waals surface area contributed by atoms with Crippen molar-refractivity contribution in [1.29, 1.82) is 0 Å². The van der Waals surface area contributed by atoms with Crippen LogP contribution in [0.3, 0.4) is 0 Å². The van der Waals surface area contributed by atoms with Gasteiger partial charge in [-0.3, -0.25) is 9.59 Å². The molecule has 1 aromatic rings. The maximum atomic E-state index is 12.1. The molecular weight excluding hydrogens is 276 g/mol. The number of nitrogens with one attached hydrogen (secondary N) is 2. The minimum absolute atomic E-state index is 0.132. The zero-order valence-electron chi connectivity index (χ0n) is 13.9. The molecule has 0 spiro atoms. The lowest BCUT2D eigenvalue weighted by molar-refractivity contribution is -0.123. The summed E-state index contributed by atoms with van der Waals surface area (Å²) in [4.78, 5) is 24.1. The predicted octanol–water partition coefficient (Wildman–Crippen LogP) is 3.28. The fourth-order valence-electron chi connectivity index (χ4n) is 2.25. The normalized spacial score (nSPS) is 13.2. The number of amides is 2. The number of carbonyl (C=O) groups excluding carboxylic acids is 2. The zero-order valence-corrected chi connectivity index (χ0v) is 13.9. The molecule has 0 aliphatic heterocycles. The van der Waals surface area contributed by atoms with E-state index in [1.807, 2.05) is 13.0 Å². The molecule has 0 aromatic heterocycles. The van der Waals surface area contributed by atoms with Crippen LogP contribution in [0.2, 0.25) is 0 Å². The van der Waals surface area contributed by atoms with E-state index in [1.54, 1.807) is 31.2 Å². The second-order valence-corrected chi connectivity index (χ2v) is 5.82. The van der Waals surface area contributed by atoms with Crippen LogP contribution in [0.5, 0.6) is 0 Å². The quantitative estimate of drug-likeness (QED) is 0.688. The monoisotopic (exact) mass is 304 g/mol. The summed E-state index contributed by atoms with van der Waals surface area (Å²) in [5.74, 6) is -0.355. The van der Waals surface area contributed by atoms with Gasteiger partial charge in [0.1, 0.15) is 6.04 Å². The van der Waals surface area contributed by atoms with Gasteiger partial charge in [0.05, 0.1) is 0 Å². The Morgan fingerprint density at radius 1 is 1.00 bits per heavy atom. The average molecular weight is 304 g/mol. The summed E-state index contributed by atoms with van der Waals surface area (Å²) >= 11 is 0. The van der Waals surface area contributed by atoms with Crippen LogP contribution in [0, 0.1) is 0 Å². The Kier molecular flexibility index (Phi) is 8.26. The first-order valence-electron chi connectivity index (χ1n) is 8.21. The smallest absolute Gasteiger partial charge is 0.251 e. The molecule has 1 aromatic carbocycles. The molecule has 122 valence electrons. The Labute approximate surface area is 133 Å². The fourth-order valence-corrected chi connectivity index (χ4v) is 2.25. The van der Waals surface area contributed by atoms with Crippen LogP contribution in [0.15, 0.2) is 30.3 Å². The van der Waals surface area contributed by atoms with Crippen molar-refractivity contribution in [2.45, 2.75) is 65.0 Å². The SMILES string of the molecule is CCCCCCC(C)NC(=O)C(C)NC(=O)c1ccccc1. The van der Waals surface area contributed by atoms with Crippen molar-refractivity contribution in [3.63, 3.8) is 0 Å². The molecule has 0 saturated heterocycles. The second-order valence-electron chi connectivity index (χ2n) is 5.82. The number of carbonyl (C=O) groups is 2. The largest absolute Gasteiger partial charge is 0.352 e. The molecule has 2 N–H and O–H groups in total. The lowest BCUT2D eigenvalue weighted by atomic mass is 10.1. The van der Waals surface area contributed by atoms with E-state index in [9.17, 15) is 9.59 Å². The number of hydrogen-bond donors (Lipinski definition) is 2. The summed E-state index contributed by atoms with van der Waals surface area (Å²) in [6.07, 6.45) is 5.76. The molecular formula is C18H28N2O2. The topological polar surface area (TPSA) is 58.2 Å². The molecule has 0 radical (unpaired) electrons. The summed E-state index contributed by atoms with van der Waals surface area (Å²) in [5.41, 5.74) is 0.565. The molecule has 2 unspecified atom stereocenters. The molecule has 0 aliphatic rings. The summed E-state index contributed by atoms with van der Waals surface area (Å²) in [7, 11) is 0. The van der Waals surface area contributed by atoms with Gasteiger partial charge in [0.2, 0.25) is 5.91 Å². The predicted molar refractivity (Wildman–Crippen MR) is 89.7 cm³/mol. The van der Waals surface area contributed by atoms with Crippen molar-refractivity contribution in [3.05, 3.63) is 35.9 Å². The van der Waals surface area contributed by atoms with E-state index in [1.165, 1.54) is 19.3 Å². The zero-order chi connectivity index (χ0) is 16.4. The van der Waals surface area contributed by atoms with Crippen molar-refractivity contribution in [2.24, 2.45) is 0 Å². The molecule has 4 nitrogen and oxygen atoms in total. The third-order valence-corrected chi connectivity index (χ3v) is 3.66. The third kappa shape index (κ3) is 6.74. The molecule has 2 atom stereocenters. The minimum Gasteiger partial charge on any atom is -0.352 e. The Bertz CT molecular complexity index is 459. The molecule has 1 rings (SSSR count). The van der Waals surface area contributed by atoms with E-state index in [4.69, 9.17) is 0 Å². The molecule has 2 amide bonds. The highest BCUT2D eigenvalue weighted by Gasteiger charge is 2.17. The molecule has 0 bridgehead atoms. The van der Waals surface area contributed by atoms with E-state index in [2.05, 4.69) is 17.6 Å². The Morgan fingerprint density at radius 3 is 2.32 bits per heavy atom. The van der Waals surface area contributed by atoms with E-state index >= 15 is 0 Å². The standard InChI is InChI=1S/C18H28N2O2/c1-4-5-6-8-11-14(2)19-17(21)15(3)20-18(22)16-12-9-7-10-13-16/h7,9-10,12-15H,4-6,8,11H2,1-3H3,(H,19,21)(H,20,22). The lowest BCUT2D eigenvalue weighted by Gasteiger charge is -2.18. The van der Waals surface area contributed by atoms with Crippen molar-refractivity contribution in [2.75, 3.05) is 0 Å². The third-order valence-electron chi connectivity index (χ3n) is 3.66. The van der Waals surface area contributed by atoms with Crippen LogP contribution >= 0.6 is 0 Å². The second kappa shape index (κ2) is 9.98. The van der Waals surface area contributed by atoms with Crippen LogP contribution in [0.4, 0.5) is 0 Å². The van der Waals surface area contributed by atoms with E-state index < -0.39 is 6.04 Å². The summed E-state index contributed by atoms with van der Waals surface area (Å²) in [6.45, 7) is 5.90. The Hall–Kier alpha value is -1.84. The van der Waals surface area contributed by atoms with Gasteiger partial charge in [-0.2, -0.15) is 0 Å². The number of rotatable bonds is 9. The first-order valence-corrected chi connectivity index (χ1v) is 8.21. The summed E-state index contributed by atoms with van der Waals surface area (Å²) in [5, 5.41) is 5.69. The highest BCUT2D eigenvalue weighted by Crippen LogP contribution is 2.05. The van der Waals surface area contributed by atoms with E-state index in [0.717, 1.165) is 12.8 Å². The fraction of sp³-hybridized carbons (Fsp3) is 0.556. The Morgan fingerprint density at radius 2 is 1.68 bits per heavy atom. The number of unbranched alkanes of at least 4 members (excludes halogenated alkanes) is 3. The van der Waals surface area contributed by atoms with Gasteiger partial charge < -0.3 is 10.6 Å². The van der Waals surface area contributed by atoms with Crippen molar-refractivity contribution < 1.29 is 9.59 Å². The molecule has 0 aliphatic carbocycles. The first kappa shape index (κ1) is 18.2. The van der Waals surface area contributed by atoms with Crippen molar-refractivity contribution in [3.8, 4) is 0 Å². The number of benzene rings is 1. The average Bonchev–Trinajstić information content (AvgIpc) is 2.52. The summed E-state index contributed by atoms with van der Waals surface area (Å²) < 4.78 is 0. The van der Waals surface area contributed by atoms with Crippen LogP contribution in [-0.2, 0) is 4.79 Å². The van der Waals surface area contributed by atoms with Gasteiger partial charge in [-0.25, -0.2) is 0 Å². The van der Waals surface area contributed by atoms with Gasteiger partial charge in [0, 0.05) is 11.6 Å². The van der Waals surface area contributed by atoms with Crippen LogP contribution < -0.4 is 10.6 Å². The van der Waals surface area contributed by atoms with Crippen LogP contribution in [0.1, 0.15) is 63.2 Å². The van der Waals surface area contributed by atoms with Gasteiger partial charge in [0.25, 0.3) is 5.91 Å². The minimum atomic E-state index is -0.536. The Balaban J connectivity index is 2.34. The van der Waals surface area contributed by atoms with Gasteiger partial charge in [-0.05, 0) is 32.4 Å². The van der Waals surface area contributed by atoms with Crippen LogP contribution in [0.25, 0.3) is 0 Å². The molecule has 4 heteroatoms. The van der Waals surface area contributed by atoms with Gasteiger partial charge in [0.15, 0.2) is 0 Å².